The maximum atomic E-state index is 13.0. The van der Waals surface area contributed by atoms with Gasteiger partial charge >= 0.3 is 5.97 Å². The average Bonchev–Trinajstić information content (AvgIpc) is 3.51. The fourth-order valence-electron chi connectivity index (χ4n) is 6.69. The van der Waals surface area contributed by atoms with Crippen molar-refractivity contribution in [1.29, 1.82) is 0 Å². The number of likely N-dealkylation sites (tertiary alicyclic amines) is 1. The zero-order valence-corrected chi connectivity index (χ0v) is 26.3. The van der Waals surface area contributed by atoms with E-state index in [-0.39, 0.29) is 35.8 Å². The van der Waals surface area contributed by atoms with Crippen molar-refractivity contribution in [2.24, 2.45) is 11.8 Å². The Balaban J connectivity index is 1.09. The molecule has 0 bridgehead atoms. The number of nitrogen functional groups attached to an aromatic ring is 1. The molecular formula is C33H43N5O5S. The number of thioether (sulfide) groups is 1. The highest BCUT2D eigenvalue weighted by Crippen LogP contribution is 2.34. The summed E-state index contributed by atoms with van der Waals surface area (Å²) in [6, 6.07) is 8.06. The summed E-state index contributed by atoms with van der Waals surface area (Å²) < 4.78 is 2.32. The van der Waals surface area contributed by atoms with Gasteiger partial charge in [0.2, 0.25) is 11.8 Å². The van der Waals surface area contributed by atoms with Crippen LogP contribution in [-0.2, 0) is 32.1 Å². The summed E-state index contributed by atoms with van der Waals surface area (Å²) in [5, 5.41) is 9.35. The Hall–Kier alpha value is -3.47. The van der Waals surface area contributed by atoms with E-state index in [4.69, 9.17) is 15.8 Å². The zero-order valence-electron chi connectivity index (χ0n) is 25.5. The van der Waals surface area contributed by atoms with Crippen LogP contribution < -0.4 is 5.73 Å². The van der Waals surface area contributed by atoms with Crippen molar-refractivity contribution in [2.45, 2.75) is 95.8 Å². The van der Waals surface area contributed by atoms with Gasteiger partial charge in [0, 0.05) is 43.7 Å². The molecule has 3 heterocycles. The summed E-state index contributed by atoms with van der Waals surface area (Å²) in [4.78, 5) is 59.8. The number of benzene rings is 1. The van der Waals surface area contributed by atoms with E-state index < -0.39 is 11.2 Å². The Labute approximate surface area is 262 Å². The number of aliphatic carboxylic acids is 1. The van der Waals surface area contributed by atoms with Crippen molar-refractivity contribution in [1.82, 2.24) is 19.4 Å². The van der Waals surface area contributed by atoms with Crippen molar-refractivity contribution in [3.8, 4) is 0 Å². The number of anilines is 1. The molecule has 2 amide bonds. The molecule has 0 radical (unpaired) electrons. The highest BCUT2D eigenvalue weighted by atomic mass is 32.2. The number of imidazole rings is 1. The predicted octanol–water partition coefficient (Wildman–Crippen LogP) is 5.39. The van der Waals surface area contributed by atoms with Crippen molar-refractivity contribution < 1.29 is 24.3 Å². The van der Waals surface area contributed by atoms with Gasteiger partial charge in [-0.15, -0.1) is 11.8 Å². The second kappa shape index (κ2) is 14.5. The first-order valence-corrected chi connectivity index (χ1v) is 17.0. The van der Waals surface area contributed by atoms with E-state index >= 15 is 0 Å². The molecule has 1 atom stereocenters. The summed E-state index contributed by atoms with van der Waals surface area (Å²) in [6.45, 7) is 3.38. The standard InChI is InChI=1S/C33H43N5O5S/c1-2-3-12-27-36-30-31(23-9-6-7-10-24(23)35-32(30)34)37(27)17-8-4-5-11-25(39)22-15-13-21(14-16-22)19-38-28(40)18-26(33(38)43)44-20-29(41)42/h6-7,9-10,21-22,26H,2-5,8,11-20H2,1H3,(H2,34,35)(H,41,42). The van der Waals surface area contributed by atoms with Crippen LogP contribution in [0.1, 0.15) is 83.4 Å². The largest absolute Gasteiger partial charge is 0.481 e. The number of aromatic nitrogens is 3. The Bertz CT molecular complexity index is 1530. The van der Waals surface area contributed by atoms with E-state index in [1.807, 2.05) is 18.2 Å². The van der Waals surface area contributed by atoms with E-state index in [1.54, 1.807) is 0 Å². The van der Waals surface area contributed by atoms with E-state index in [9.17, 15) is 19.2 Å². The zero-order chi connectivity index (χ0) is 31.2. The molecule has 10 nitrogen and oxygen atoms in total. The number of pyridine rings is 1. The fourth-order valence-corrected chi connectivity index (χ4v) is 7.57. The molecule has 1 unspecified atom stereocenters. The van der Waals surface area contributed by atoms with E-state index in [0.29, 0.717) is 24.6 Å². The van der Waals surface area contributed by atoms with E-state index in [1.165, 1.54) is 4.90 Å². The topological polar surface area (TPSA) is 148 Å². The maximum absolute atomic E-state index is 13.0. The fraction of sp³-hybridized carbons (Fsp3) is 0.576. The van der Waals surface area contributed by atoms with Crippen molar-refractivity contribution in [2.75, 3.05) is 18.0 Å². The van der Waals surface area contributed by atoms with Crippen LogP contribution in [0.25, 0.3) is 21.9 Å². The average molecular weight is 622 g/mol. The summed E-state index contributed by atoms with van der Waals surface area (Å²) in [5.74, 6) is 0.423. The second-order valence-corrected chi connectivity index (χ2v) is 13.4. The van der Waals surface area contributed by atoms with Gasteiger partial charge in [-0.1, -0.05) is 38.0 Å². The summed E-state index contributed by atoms with van der Waals surface area (Å²) >= 11 is 1.02. The van der Waals surface area contributed by atoms with Crippen molar-refractivity contribution >= 4 is 63.1 Å². The van der Waals surface area contributed by atoms with Gasteiger partial charge in [-0.3, -0.25) is 24.1 Å². The Morgan fingerprint density at radius 2 is 1.82 bits per heavy atom. The monoisotopic (exact) mass is 621 g/mol. The summed E-state index contributed by atoms with van der Waals surface area (Å²) in [6.07, 6.45) is 9.67. The second-order valence-electron chi connectivity index (χ2n) is 12.2. The van der Waals surface area contributed by atoms with Crippen LogP contribution in [0.2, 0.25) is 0 Å². The third kappa shape index (κ3) is 7.25. The Kier molecular flexibility index (Phi) is 10.6. The molecule has 3 aromatic rings. The number of Topliss-reactive ketones (excluding diaryl/α,β-unsaturated/α-hetero) is 1. The minimum atomic E-state index is -0.989. The minimum absolute atomic E-state index is 0.0511. The number of carbonyl (C=O) groups is 4. The maximum Gasteiger partial charge on any atom is 0.313 e. The number of hydrogen-bond acceptors (Lipinski definition) is 8. The predicted molar refractivity (Wildman–Crippen MR) is 172 cm³/mol. The third-order valence-electron chi connectivity index (χ3n) is 9.10. The van der Waals surface area contributed by atoms with E-state index in [2.05, 4.69) is 22.5 Å². The van der Waals surface area contributed by atoms with Gasteiger partial charge < -0.3 is 15.4 Å². The van der Waals surface area contributed by atoms with Crippen molar-refractivity contribution in [3.63, 3.8) is 0 Å². The van der Waals surface area contributed by atoms with Gasteiger partial charge in [0.15, 0.2) is 5.82 Å². The quantitative estimate of drug-likeness (QED) is 0.168. The van der Waals surface area contributed by atoms with Crippen LogP contribution >= 0.6 is 11.8 Å². The van der Waals surface area contributed by atoms with Gasteiger partial charge in [-0.2, -0.15) is 0 Å². The lowest BCUT2D eigenvalue weighted by atomic mass is 9.79. The molecule has 1 saturated heterocycles. The van der Waals surface area contributed by atoms with Crippen LogP contribution in [0.15, 0.2) is 24.3 Å². The number of imide groups is 1. The molecule has 0 spiro atoms. The van der Waals surface area contributed by atoms with Crippen LogP contribution in [0, 0.1) is 11.8 Å². The number of nitrogens with zero attached hydrogens (tertiary/aromatic N) is 4. The normalized spacial score (nSPS) is 20.7. The number of para-hydroxylation sites is 1. The van der Waals surface area contributed by atoms with Gasteiger partial charge in [0.05, 0.1) is 22.0 Å². The van der Waals surface area contributed by atoms with E-state index in [0.717, 1.165) is 110 Å². The third-order valence-corrected chi connectivity index (χ3v) is 10.3. The molecule has 11 heteroatoms. The number of carbonyl (C=O) groups excluding carboxylic acids is 3. The molecule has 44 heavy (non-hydrogen) atoms. The van der Waals surface area contributed by atoms with Crippen LogP contribution in [0.3, 0.4) is 0 Å². The lowest BCUT2D eigenvalue weighted by molar-refractivity contribution is -0.139. The molecule has 1 aliphatic heterocycles. The van der Waals surface area contributed by atoms with Crippen LogP contribution in [0.5, 0.6) is 0 Å². The summed E-state index contributed by atoms with van der Waals surface area (Å²) in [5.41, 5.74) is 9.03. The number of nitrogens with two attached hydrogens (primary N) is 1. The van der Waals surface area contributed by atoms with Crippen molar-refractivity contribution in [3.05, 3.63) is 30.1 Å². The number of hydrogen-bond donors (Lipinski definition) is 2. The number of amides is 2. The molecule has 1 aliphatic carbocycles. The molecular weight excluding hydrogens is 578 g/mol. The van der Waals surface area contributed by atoms with Gasteiger partial charge in [0.1, 0.15) is 17.1 Å². The molecule has 236 valence electrons. The molecule has 5 rings (SSSR count). The lowest BCUT2D eigenvalue weighted by Gasteiger charge is -2.30. The number of carboxylic acids is 1. The molecule has 2 aliphatic rings. The lowest BCUT2D eigenvalue weighted by Crippen LogP contribution is -2.37. The molecule has 2 aromatic heterocycles. The SMILES string of the molecule is CCCCc1nc2c(N)nc3ccccc3c2n1CCCCCC(=O)C1CCC(CN2C(=O)CC(SCC(=O)O)C2=O)CC1. The number of unbranched alkanes of at least 4 members (excludes halogenated alkanes) is 3. The minimum Gasteiger partial charge on any atom is -0.481 e. The number of carboxylic acid groups (broad SMARTS) is 1. The van der Waals surface area contributed by atoms with Gasteiger partial charge in [-0.25, -0.2) is 9.97 Å². The van der Waals surface area contributed by atoms with Crippen LogP contribution in [-0.4, -0.2) is 65.7 Å². The Morgan fingerprint density at radius 3 is 2.57 bits per heavy atom. The number of rotatable bonds is 15. The first-order valence-electron chi connectivity index (χ1n) is 16.0. The molecule has 1 saturated carbocycles. The molecule has 1 aromatic carbocycles. The first kappa shape index (κ1) is 31.9. The van der Waals surface area contributed by atoms with Gasteiger partial charge in [-0.05, 0) is 56.9 Å². The first-order chi connectivity index (χ1) is 21.3. The smallest absolute Gasteiger partial charge is 0.313 e. The molecule has 2 fully saturated rings. The molecule has 3 N–H and O–H groups in total. The highest BCUT2D eigenvalue weighted by Gasteiger charge is 2.40. The number of fused-ring (bicyclic) bond motifs is 3. The summed E-state index contributed by atoms with van der Waals surface area (Å²) in [7, 11) is 0. The Morgan fingerprint density at radius 1 is 1.05 bits per heavy atom. The number of aryl methyl sites for hydroxylation is 2. The number of ketones is 1. The van der Waals surface area contributed by atoms with Gasteiger partial charge in [0.25, 0.3) is 0 Å². The van der Waals surface area contributed by atoms with Crippen LogP contribution in [0.4, 0.5) is 5.82 Å². The highest BCUT2D eigenvalue weighted by molar-refractivity contribution is 8.01.